The predicted molar refractivity (Wildman–Crippen MR) is 73.6 cm³/mol. The summed E-state index contributed by atoms with van der Waals surface area (Å²) in [6.07, 6.45) is 1.21. The molecule has 0 aliphatic rings. The third-order valence-electron chi connectivity index (χ3n) is 3.00. The van der Waals surface area contributed by atoms with Crippen LogP contribution < -0.4 is 5.69 Å². The summed E-state index contributed by atoms with van der Waals surface area (Å²) in [5.41, 5.74) is 0.937. The summed E-state index contributed by atoms with van der Waals surface area (Å²) in [4.78, 5) is 26.4. The number of carboxylic acids is 1. The molecule has 0 radical (unpaired) electrons. The van der Waals surface area contributed by atoms with E-state index in [0.717, 1.165) is 6.26 Å². The fourth-order valence-electron chi connectivity index (χ4n) is 1.99. The molecule has 1 aromatic rings. The molecular weight excluding hydrogens is 284 g/mol. The topological polar surface area (TPSA) is 106 Å². The highest BCUT2D eigenvalue weighted by Gasteiger charge is 2.14. The number of aromatic nitrogens is 2. The van der Waals surface area contributed by atoms with E-state index in [9.17, 15) is 18.0 Å². The minimum atomic E-state index is -3.09. The molecule has 0 saturated heterocycles. The highest BCUT2D eigenvalue weighted by Crippen LogP contribution is 2.11. The second-order valence-corrected chi connectivity index (χ2v) is 7.01. The van der Waals surface area contributed by atoms with E-state index in [-0.39, 0.29) is 25.1 Å². The van der Waals surface area contributed by atoms with Gasteiger partial charge < -0.3 is 5.11 Å². The summed E-state index contributed by atoms with van der Waals surface area (Å²) >= 11 is 0. The number of aliphatic carboxylic acids is 1. The number of sulfone groups is 1. The molecule has 20 heavy (non-hydrogen) atoms. The first-order valence-electron chi connectivity index (χ1n) is 6.08. The van der Waals surface area contributed by atoms with E-state index < -0.39 is 21.5 Å². The van der Waals surface area contributed by atoms with Crippen LogP contribution in [0.1, 0.15) is 23.4 Å². The van der Waals surface area contributed by atoms with E-state index in [1.165, 1.54) is 4.57 Å². The Hall–Kier alpha value is -1.70. The van der Waals surface area contributed by atoms with Crippen LogP contribution in [0.3, 0.4) is 0 Å². The quantitative estimate of drug-likeness (QED) is 0.788. The highest BCUT2D eigenvalue weighted by atomic mass is 32.2. The molecule has 0 unspecified atom stereocenters. The molecule has 0 spiro atoms. The van der Waals surface area contributed by atoms with Crippen molar-refractivity contribution in [2.24, 2.45) is 0 Å². The van der Waals surface area contributed by atoms with Crippen molar-refractivity contribution in [1.82, 2.24) is 9.55 Å². The monoisotopic (exact) mass is 302 g/mol. The Balaban J connectivity index is 3.07. The zero-order valence-corrected chi connectivity index (χ0v) is 12.5. The molecule has 0 aromatic carbocycles. The van der Waals surface area contributed by atoms with Crippen molar-refractivity contribution in [3.05, 3.63) is 27.4 Å². The summed E-state index contributed by atoms with van der Waals surface area (Å²) in [5, 5.41) is 8.86. The fraction of sp³-hybridized carbons (Fsp3) is 0.583. The summed E-state index contributed by atoms with van der Waals surface area (Å²) in [6, 6.07) is 0. The van der Waals surface area contributed by atoms with Gasteiger partial charge in [0.05, 0.1) is 12.2 Å². The number of carboxylic acid groups (broad SMARTS) is 1. The van der Waals surface area contributed by atoms with Crippen LogP contribution in [0.4, 0.5) is 0 Å². The molecule has 112 valence electrons. The molecule has 1 heterocycles. The Morgan fingerprint density at radius 2 is 1.95 bits per heavy atom. The van der Waals surface area contributed by atoms with Crippen LogP contribution >= 0.6 is 0 Å². The van der Waals surface area contributed by atoms with Crippen LogP contribution in [-0.2, 0) is 27.6 Å². The molecule has 1 rings (SSSR count). The first-order valence-corrected chi connectivity index (χ1v) is 8.14. The molecule has 7 nitrogen and oxygen atoms in total. The molecule has 1 N–H and O–H groups in total. The van der Waals surface area contributed by atoms with Crippen LogP contribution in [0, 0.1) is 13.8 Å². The van der Waals surface area contributed by atoms with Gasteiger partial charge in [-0.15, -0.1) is 0 Å². The second kappa shape index (κ2) is 6.17. The molecular formula is C12H18N2O5S. The van der Waals surface area contributed by atoms with Crippen molar-refractivity contribution in [2.45, 2.75) is 33.2 Å². The summed E-state index contributed by atoms with van der Waals surface area (Å²) in [6.45, 7) is 3.44. The average molecular weight is 302 g/mol. The van der Waals surface area contributed by atoms with Crippen LogP contribution in [0.5, 0.6) is 0 Å². The van der Waals surface area contributed by atoms with E-state index >= 15 is 0 Å². The molecule has 0 fully saturated rings. The first kappa shape index (κ1) is 16.4. The maximum atomic E-state index is 11.8. The van der Waals surface area contributed by atoms with Crippen molar-refractivity contribution in [3.8, 4) is 0 Å². The molecule has 0 bridgehead atoms. The minimum absolute atomic E-state index is 0.0268. The lowest BCUT2D eigenvalue weighted by Gasteiger charge is -2.14. The van der Waals surface area contributed by atoms with Gasteiger partial charge in [-0.2, -0.15) is 4.98 Å². The second-order valence-electron chi connectivity index (χ2n) is 4.75. The van der Waals surface area contributed by atoms with E-state index in [0.29, 0.717) is 17.0 Å². The van der Waals surface area contributed by atoms with Gasteiger partial charge in [-0.3, -0.25) is 9.36 Å². The Morgan fingerprint density at radius 3 is 2.45 bits per heavy atom. The number of aryl methyl sites for hydroxylation is 1. The van der Waals surface area contributed by atoms with E-state index in [4.69, 9.17) is 5.11 Å². The molecule has 0 saturated carbocycles. The number of carbonyl (C=O) groups is 1. The maximum Gasteiger partial charge on any atom is 0.347 e. The smallest absolute Gasteiger partial charge is 0.347 e. The predicted octanol–water partition coefficient (Wildman–Crippen LogP) is -0.0781. The van der Waals surface area contributed by atoms with Crippen LogP contribution in [0.2, 0.25) is 0 Å². The first-order chi connectivity index (χ1) is 9.11. The number of nitrogens with zero attached hydrogens (tertiary/aromatic N) is 2. The minimum Gasteiger partial charge on any atom is -0.481 e. The molecule has 0 amide bonds. The highest BCUT2D eigenvalue weighted by molar-refractivity contribution is 7.90. The van der Waals surface area contributed by atoms with Gasteiger partial charge in [-0.25, -0.2) is 13.2 Å². The van der Waals surface area contributed by atoms with Gasteiger partial charge in [-0.1, -0.05) is 0 Å². The SMILES string of the molecule is Cc1nc(=O)n(CCCS(C)(=O)=O)c(C)c1CC(=O)O. The lowest BCUT2D eigenvalue weighted by molar-refractivity contribution is -0.136. The number of hydrogen-bond acceptors (Lipinski definition) is 5. The van der Waals surface area contributed by atoms with Crippen LogP contribution in [0.15, 0.2) is 4.79 Å². The molecule has 0 aliphatic heterocycles. The Labute approximate surface area is 117 Å². The van der Waals surface area contributed by atoms with E-state index in [1.54, 1.807) is 13.8 Å². The van der Waals surface area contributed by atoms with Crippen LogP contribution in [0.25, 0.3) is 0 Å². The largest absolute Gasteiger partial charge is 0.481 e. The van der Waals surface area contributed by atoms with Crippen LogP contribution in [-0.4, -0.2) is 41.1 Å². The van der Waals surface area contributed by atoms with Crippen molar-refractivity contribution >= 4 is 15.8 Å². The molecule has 0 atom stereocenters. The maximum absolute atomic E-state index is 11.8. The third-order valence-corrected chi connectivity index (χ3v) is 4.03. The van der Waals surface area contributed by atoms with E-state index in [1.807, 2.05) is 0 Å². The van der Waals surface area contributed by atoms with Crippen molar-refractivity contribution in [1.29, 1.82) is 0 Å². The van der Waals surface area contributed by atoms with Gasteiger partial charge >= 0.3 is 11.7 Å². The van der Waals surface area contributed by atoms with Gasteiger partial charge in [0.1, 0.15) is 9.84 Å². The molecule has 8 heteroatoms. The van der Waals surface area contributed by atoms with Gasteiger partial charge in [-0.05, 0) is 20.3 Å². The zero-order chi connectivity index (χ0) is 15.5. The third kappa shape index (κ3) is 4.44. The fourth-order valence-corrected chi connectivity index (χ4v) is 2.65. The summed E-state index contributed by atoms with van der Waals surface area (Å²) in [5.74, 6) is -1.03. The van der Waals surface area contributed by atoms with Gasteiger partial charge in [0.2, 0.25) is 0 Å². The van der Waals surface area contributed by atoms with Crippen molar-refractivity contribution in [3.63, 3.8) is 0 Å². The Bertz CT molecular complexity index is 676. The van der Waals surface area contributed by atoms with Gasteiger partial charge in [0.15, 0.2) is 0 Å². The molecule has 1 aromatic heterocycles. The lowest BCUT2D eigenvalue weighted by Crippen LogP contribution is -2.29. The summed E-state index contributed by atoms with van der Waals surface area (Å²) < 4.78 is 23.5. The zero-order valence-electron chi connectivity index (χ0n) is 11.7. The number of hydrogen-bond donors (Lipinski definition) is 1. The Morgan fingerprint density at radius 1 is 1.35 bits per heavy atom. The number of rotatable bonds is 6. The average Bonchev–Trinajstić information content (AvgIpc) is 2.27. The van der Waals surface area contributed by atoms with Crippen molar-refractivity contribution in [2.75, 3.05) is 12.0 Å². The van der Waals surface area contributed by atoms with Crippen molar-refractivity contribution < 1.29 is 18.3 Å². The summed E-state index contributed by atoms with van der Waals surface area (Å²) in [7, 11) is -3.09. The molecule has 0 aliphatic carbocycles. The van der Waals surface area contributed by atoms with E-state index in [2.05, 4.69) is 4.98 Å². The van der Waals surface area contributed by atoms with Gasteiger partial charge in [0.25, 0.3) is 0 Å². The Kier molecular flexibility index (Phi) is 5.04. The normalized spacial score (nSPS) is 11.6. The standard InChI is InChI=1S/C12H18N2O5S/c1-8-10(7-11(15)16)9(2)14(12(17)13-8)5-4-6-20(3,18)19/h4-7H2,1-3H3,(H,15,16). The van der Waals surface area contributed by atoms with Gasteiger partial charge in [0, 0.05) is 29.8 Å². The lowest BCUT2D eigenvalue weighted by atomic mass is 10.1.